The molecule has 27 heavy (non-hydrogen) atoms. The second-order valence-corrected chi connectivity index (χ2v) is 6.75. The predicted octanol–water partition coefficient (Wildman–Crippen LogP) is 7.05. The molecule has 0 heterocycles. The third-order valence-corrected chi connectivity index (χ3v) is 4.31. The predicted molar refractivity (Wildman–Crippen MR) is 119 cm³/mol. The Morgan fingerprint density at radius 1 is 0.741 bits per heavy atom. The van der Waals surface area contributed by atoms with E-state index in [1.54, 1.807) is 6.92 Å². The fourth-order valence-corrected chi connectivity index (χ4v) is 2.62. The van der Waals surface area contributed by atoms with Gasteiger partial charge in [0.05, 0.1) is 5.70 Å². The van der Waals surface area contributed by atoms with Gasteiger partial charge in [-0.1, -0.05) is 73.5 Å². The van der Waals surface area contributed by atoms with Crippen LogP contribution in [0, 0.1) is 13.8 Å². The number of aliphatic imine (C=N–C) groups is 1. The minimum Gasteiger partial charge on any atom is -0.300 e. The summed E-state index contributed by atoms with van der Waals surface area (Å²) < 4.78 is 0. The van der Waals surface area contributed by atoms with E-state index in [2.05, 4.69) is 69.3 Å². The lowest BCUT2D eigenvalue weighted by Crippen LogP contribution is -1.99. The van der Waals surface area contributed by atoms with Crippen LogP contribution in [0.4, 0.5) is 0 Å². The molecule has 0 spiro atoms. The van der Waals surface area contributed by atoms with E-state index in [0.29, 0.717) is 12.8 Å². The molecule has 0 radical (unpaired) electrons. The maximum Gasteiger partial charge on any atom is 0.130 e. The summed E-state index contributed by atoms with van der Waals surface area (Å²) in [7, 11) is 0. The van der Waals surface area contributed by atoms with E-state index in [1.807, 2.05) is 20.8 Å². The molecule has 0 bridgehead atoms. The van der Waals surface area contributed by atoms with Gasteiger partial charge in [-0.05, 0) is 52.2 Å². The van der Waals surface area contributed by atoms with Gasteiger partial charge in [-0.3, -0.25) is 4.99 Å². The molecule has 2 aromatic rings. The number of nitrogens with zero attached hydrogens (tertiary/aromatic N) is 1. The van der Waals surface area contributed by atoms with E-state index in [-0.39, 0.29) is 5.78 Å². The fraction of sp³-hybridized carbons (Fsp3) is 0.360. The van der Waals surface area contributed by atoms with Crippen LogP contribution in [0.25, 0.3) is 11.3 Å². The van der Waals surface area contributed by atoms with Crippen LogP contribution in [0.1, 0.15) is 69.7 Å². The van der Waals surface area contributed by atoms with Crippen LogP contribution in [0.2, 0.25) is 0 Å². The van der Waals surface area contributed by atoms with Crippen LogP contribution in [-0.2, 0) is 4.79 Å². The first-order chi connectivity index (χ1) is 12.9. The number of aryl methyl sites for hydroxylation is 2. The van der Waals surface area contributed by atoms with Crippen LogP contribution in [0.5, 0.6) is 0 Å². The highest BCUT2D eigenvalue weighted by molar-refractivity contribution is 5.97. The number of Topliss-reactive ketones (excluding diaryl/α,β-unsaturated/α-hetero) is 1. The zero-order chi connectivity index (χ0) is 20.4. The van der Waals surface area contributed by atoms with Crippen molar-refractivity contribution >= 4 is 22.8 Å². The van der Waals surface area contributed by atoms with Gasteiger partial charge < -0.3 is 4.79 Å². The van der Waals surface area contributed by atoms with Gasteiger partial charge in [-0.15, -0.1) is 0 Å². The van der Waals surface area contributed by atoms with Crippen LogP contribution < -0.4 is 0 Å². The Bertz CT molecular complexity index is 793. The quantitative estimate of drug-likeness (QED) is 0.399. The number of allylic oxidation sites excluding steroid dienone is 1. The number of hydrogen-bond acceptors (Lipinski definition) is 2. The molecule has 0 aliphatic carbocycles. The summed E-state index contributed by atoms with van der Waals surface area (Å²) >= 11 is 0. The normalized spacial score (nSPS) is 12.0. The van der Waals surface area contributed by atoms with Crippen molar-refractivity contribution in [3.8, 4) is 0 Å². The molecule has 2 rings (SSSR count). The molecule has 0 unspecified atom stereocenters. The first-order valence-electron chi connectivity index (χ1n) is 9.75. The zero-order valence-electron chi connectivity index (χ0n) is 17.9. The molecule has 2 aromatic carbocycles. The summed E-state index contributed by atoms with van der Waals surface area (Å²) in [6.45, 7) is 13.9. The summed E-state index contributed by atoms with van der Waals surface area (Å²) in [6.07, 6.45) is 1.24. The topological polar surface area (TPSA) is 29.4 Å². The van der Waals surface area contributed by atoms with E-state index >= 15 is 0 Å². The molecule has 0 aromatic heterocycles. The van der Waals surface area contributed by atoms with Gasteiger partial charge in [0.1, 0.15) is 5.78 Å². The molecule has 0 atom stereocenters. The molecule has 2 nitrogen and oxygen atoms in total. The highest BCUT2D eigenvalue weighted by Gasteiger charge is 2.09. The standard InChI is InChI=1S/C23H27NO.C2H6/c1-16-6-12-21(13-7-16)20(5)23(22-14-8-17(2)9-15-22)24-18(3)10-11-19(4)25;1-2/h6-9,12-15H,10-11H2,1-5H3;1-2H3/b23-20+,24-18?;. The van der Waals surface area contributed by atoms with Crippen molar-refractivity contribution < 1.29 is 4.79 Å². The molecular weight excluding hydrogens is 330 g/mol. The number of benzene rings is 2. The van der Waals surface area contributed by atoms with Gasteiger partial charge in [-0.25, -0.2) is 0 Å². The molecule has 144 valence electrons. The second kappa shape index (κ2) is 11.3. The average Bonchev–Trinajstić information content (AvgIpc) is 2.67. The number of ketones is 1. The van der Waals surface area contributed by atoms with E-state index in [0.717, 1.165) is 22.5 Å². The Labute approximate surface area is 165 Å². The molecule has 0 fully saturated rings. The highest BCUT2D eigenvalue weighted by atomic mass is 16.1. The summed E-state index contributed by atoms with van der Waals surface area (Å²) in [5, 5.41) is 0. The van der Waals surface area contributed by atoms with Crippen LogP contribution in [0.15, 0.2) is 53.5 Å². The maximum absolute atomic E-state index is 11.3. The van der Waals surface area contributed by atoms with Crippen molar-refractivity contribution in [1.29, 1.82) is 0 Å². The van der Waals surface area contributed by atoms with Gasteiger partial charge in [0.2, 0.25) is 0 Å². The Hall–Kier alpha value is -2.48. The monoisotopic (exact) mass is 363 g/mol. The zero-order valence-corrected chi connectivity index (χ0v) is 17.9. The van der Waals surface area contributed by atoms with Crippen molar-refractivity contribution in [1.82, 2.24) is 0 Å². The summed E-state index contributed by atoms with van der Waals surface area (Å²) in [4.78, 5) is 16.2. The molecule has 0 amide bonds. The second-order valence-electron chi connectivity index (χ2n) is 6.75. The van der Waals surface area contributed by atoms with Gasteiger partial charge in [0, 0.05) is 17.7 Å². The van der Waals surface area contributed by atoms with E-state index in [4.69, 9.17) is 4.99 Å². The van der Waals surface area contributed by atoms with Crippen molar-refractivity contribution in [2.45, 2.75) is 61.3 Å². The molecule has 0 saturated carbocycles. The third kappa shape index (κ3) is 7.34. The first kappa shape index (κ1) is 22.6. The van der Waals surface area contributed by atoms with Crippen LogP contribution in [0.3, 0.4) is 0 Å². The maximum atomic E-state index is 11.3. The van der Waals surface area contributed by atoms with Gasteiger partial charge >= 0.3 is 0 Å². The average molecular weight is 364 g/mol. The van der Waals surface area contributed by atoms with Crippen LogP contribution >= 0.6 is 0 Å². The number of hydrogen-bond donors (Lipinski definition) is 0. The van der Waals surface area contributed by atoms with Gasteiger partial charge in [0.15, 0.2) is 0 Å². The van der Waals surface area contributed by atoms with Crippen molar-refractivity contribution in [3.63, 3.8) is 0 Å². The van der Waals surface area contributed by atoms with Crippen molar-refractivity contribution in [2.24, 2.45) is 4.99 Å². The lowest BCUT2D eigenvalue weighted by Gasteiger charge is -2.11. The van der Waals surface area contributed by atoms with Crippen molar-refractivity contribution in [3.05, 3.63) is 70.8 Å². The van der Waals surface area contributed by atoms with E-state index < -0.39 is 0 Å². The summed E-state index contributed by atoms with van der Waals surface area (Å²) in [5.41, 5.74) is 7.85. The van der Waals surface area contributed by atoms with Gasteiger partial charge in [0.25, 0.3) is 0 Å². The molecular formula is C25H33NO. The van der Waals surface area contributed by atoms with Gasteiger partial charge in [-0.2, -0.15) is 0 Å². The number of carbonyl (C=O) groups is 1. The molecule has 0 aliphatic heterocycles. The molecule has 0 saturated heterocycles. The van der Waals surface area contributed by atoms with E-state index in [1.165, 1.54) is 16.7 Å². The van der Waals surface area contributed by atoms with E-state index in [9.17, 15) is 4.79 Å². The first-order valence-corrected chi connectivity index (χ1v) is 9.75. The Balaban J connectivity index is 0.00000176. The number of carbonyl (C=O) groups excluding carboxylic acids is 1. The molecule has 0 N–H and O–H groups in total. The minimum absolute atomic E-state index is 0.200. The molecule has 2 heteroatoms. The lowest BCUT2D eigenvalue weighted by molar-refractivity contribution is -0.116. The highest BCUT2D eigenvalue weighted by Crippen LogP contribution is 2.28. The smallest absolute Gasteiger partial charge is 0.130 e. The molecule has 0 aliphatic rings. The SMILES string of the molecule is CC.CC(=O)CCC(C)=N/C(=C(\C)c1ccc(C)cc1)c1ccc(C)cc1. The largest absolute Gasteiger partial charge is 0.300 e. The Kier molecular flexibility index (Phi) is 9.42. The number of rotatable bonds is 6. The summed E-state index contributed by atoms with van der Waals surface area (Å²) in [6, 6.07) is 17.0. The lowest BCUT2D eigenvalue weighted by atomic mass is 9.99. The minimum atomic E-state index is 0.200. The Morgan fingerprint density at radius 2 is 1.19 bits per heavy atom. The van der Waals surface area contributed by atoms with Crippen LogP contribution in [-0.4, -0.2) is 11.5 Å². The summed E-state index contributed by atoms with van der Waals surface area (Å²) in [5.74, 6) is 0.200. The van der Waals surface area contributed by atoms with Crippen molar-refractivity contribution in [2.75, 3.05) is 0 Å². The third-order valence-electron chi connectivity index (χ3n) is 4.31. The Morgan fingerprint density at radius 3 is 1.63 bits per heavy atom. The fourth-order valence-electron chi connectivity index (χ4n) is 2.62.